The van der Waals surface area contributed by atoms with Crippen LogP contribution in [0, 0.1) is 6.92 Å². The van der Waals surface area contributed by atoms with Gasteiger partial charge in [-0.25, -0.2) is 0 Å². The van der Waals surface area contributed by atoms with E-state index in [9.17, 15) is 4.79 Å². The molecule has 0 saturated carbocycles. The molecule has 172 valence electrons. The highest BCUT2D eigenvalue weighted by Crippen LogP contribution is 2.30. The number of nitrogens with zero attached hydrogens (tertiary/aromatic N) is 2. The average molecular weight is 443 g/mol. The van der Waals surface area contributed by atoms with Gasteiger partial charge in [0, 0.05) is 13.1 Å². The lowest BCUT2D eigenvalue weighted by molar-refractivity contribution is 0.104. The van der Waals surface area contributed by atoms with E-state index >= 15 is 0 Å². The van der Waals surface area contributed by atoms with Crippen molar-refractivity contribution in [2.45, 2.75) is 13.5 Å². The Morgan fingerprint density at radius 1 is 0.909 bits per heavy atom. The molecule has 3 rings (SSSR count). The second-order valence-corrected chi connectivity index (χ2v) is 8.81. The third-order valence-corrected chi connectivity index (χ3v) is 5.46. The first-order valence-corrected chi connectivity index (χ1v) is 11.3. The fourth-order valence-corrected chi connectivity index (χ4v) is 3.68. The van der Waals surface area contributed by atoms with Crippen LogP contribution in [0.3, 0.4) is 0 Å². The molecule has 0 spiro atoms. The molecule has 0 radical (unpaired) electrons. The van der Waals surface area contributed by atoms with Gasteiger partial charge in [-0.15, -0.1) is 0 Å². The Kier molecular flexibility index (Phi) is 8.58. The van der Waals surface area contributed by atoms with Crippen LogP contribution in [0.15, 0.2) is 72.8 Å². The van der Waals surface area contributed by atoms with E-state index in [1.807, 2.05) is 82.8 Å². The summed E-state index contributed by atoms with van der Waals surface area (Å²) in [6.45, 7) is 4.20. The summed E-state index contributed by atoms with van der Waals surface area (Å²) in [4.78, 5) is 17.4. The van der Waals surface area contributed by atoms with Gasteiger partial charge in [-0.05, 0) is 81.1 Å². The van der Waals surface area contributed by atoms with Gasteiger partial charge in [0.1, 0.15) is 12.4 Å². The maximum absolute atomic E-state index is 13.2. The Hall–Kier alpha value is -3.21. The maximum Gasteiger partial charge on any atom is 0.189 e. The Balaban J connectivity index is 1.91. The van der Waals surface area contributed by atoms with Gasteiger partial charge >= 0.3 is 0 Å². The van der Waals surface area contributed by atoms with Gasteiger partial charge < -0.3 is 14.5 Å². The lowest BCUT2D eigenvalue weighted by Crippen LogP contribution is -2.20. The highest BCUT2D eigenvalue weighted by molar-refractivity contribution is 6.09. The normalized spacial score (nSPS) is 11.5. The van der Waals surface area contributed by atoms with Crippen LogP contribution < -0.4 is 4.74 Å². The quantitative estimate of drug-likeness (QED) is 0.304. The first-order chi connectivity index (χ1) is 15.8. The molecule has 3 aromatic rings. The minimum absolute atomic E-state index is 0.0640. The first kappa shape index (κ1) is 24.4. The number of hydrogen-bond acceptors (Lipinski definition) is 4. The summed E-state index contributed by atoms with van der Waals surface area (Å²) in [5.74, 6) is 0.555. The smallest absolute Gasteiger partial charge is 0.189 e. The summed E-state index contributed by atoms with van der Waals surface area (Å²) < 4.78 is 6.10. The molecular formula is C29H34N2O2. The van der Waals surface area contributed by atoms with Crippen LogP contribution in [-0.4, -0.2) is 56.9 Å². The zero-order valence-electron chi connectivity index (χ0n) is 20.3. The molecule has 4 heteroatoms. The second-order valence-electron chi connectivity index (χ2n) is 8.81. The molecule has 0 aliphatic rings. The average Bonchev–Trinajstić information content (AvgIpc) is 2.78. The number of benzene rings is 3. The van der Waals surface area contributed by atoms with E-state index in [-0.39, 0.29) is 5.78 Å². The second kappa shape index (κ2) is 11.6. The van der Waals surface area contributed by atoms with E-state index in [2.05, 4.69) is 34.9 Å². The predicted octanol–water partition coefficient (Wildman–Crippen LogP) is 5.56. The summed E-state index contributed by atoms with van der Waals surface area (Å²) in [6, 6.07) is 22.3. The number of carbonyl (C=O) groups excluding carboxylic acids is 1. The van der Waals surface area contributed by atoms with Crippen molar-refractivity contribution in [1.29, 1.82) is 0 Å². The molecular weight excluding hydrogens is 408 g/mol. The molecule has 0 N–H and O–H groups in total. The van der Waals surface area contributed by atoms with Crippen molar-refractivity contribution in [2.75, 3.05) is 41.3 Å². The number of carbonyl (C=O) groups is 1. The number of allylic oxidation sites excluding steroid dienone is 1. The summed E-state index contributed by atoms with van der Waals surface area (Å²) in [7, 11) is 8.10. The highest BCUT2D eigenvalue weighted by Gasteiger charge is 2.13. The molecule has 0 aliphatic carbocycles. The Labute approximate surface area is 198 Å². The van der Waals surface area contributed by atoms with Gasteiger partial charge in [-0.1, -0.05) is 60.7 Å². The minimum atomic E-state index is -0.0640. The summed E-state index contributed by atoms with van der Waals surface area (Å²) in [5, 5.41) is 0. The molecule has 0 atom stereocenters. The zero-order valence-corrected chi connectivity index (χ0v) is 20.3. The number of hydrogen-bond donors (Lipinski definition) is 0. The van der Waals surface area contributed by atoms with Crippen LogP contribution in [0.25, 0.3) is 17.2 Å². The fourth-order valence-electron chi connectivity index (χ4n) is 3.68. The van der Waals surface area contributed by atoms with Crippen molar-refractivity contribution >= 4 is 11.9 Å². The molecule has 0 fully saturated rings. The van der Waals surface area contributed by atoms with Gasteiger partial charge in [0.15, 0.2) is 5.78 Å². The van der Waals surface area contributed by atoms with Gasteiger partial charge in [-0.2, -0.15) is 0 Å². The molecule has 0 unspecified atom stereocenters. The van der Waals surface area contributed by atoms with Gasteiger partial charge in [-0.3, -0.25) is 4.79 Å². The van der Waals surface area contributed by atoms with E-state index < -0.39 is 0 Å². The van der Waals surface area contributed by atoms with E-state index in [0.717, 1.165) is 29.8 Å². The van der Waals surface area contributed by atoms with E-state index in [0.29, 0.717) is 17.9 Å². The van der Waals surface area contributed by atoms with Gasteiger partial charge in [0.25, 0.3) is 0 Å². The van der Waals surface area contributed by atoms with E-state index in [4.69, 9.17) is 4.74 Å². The minimum Gasteiger partial charge on any atom is -0.491 e. The third-order valence-electron chi connectivity index (χ3n) is 5.46. The van der Waals surface area contributed by atoms with E-state index in [1.54, 1.807) is 6.08 Å². The topological polar surface area (TPSA) is 32.8 Å². The van der Waals surface area contributed by atoms with Crippen molar-refractivity contribution in [3.05, 3.63) is 95.1 Å². The molecule has 33 heavy (non-hydrogen) atoms. The van der Waals surface area contributed by atoms with Crippen molar-refractivity contribution in [1.82, 2.24) is 9.80 Å². The number of ketones is 1. The van der Waals surface area contributed by atoms with Gasteiger partial charge in [0.05, 0.1) is 5.56 Å². The molecule has 0 saturated heterocycles. The number of ether oxygens (including phenoxy) is 1. The summed E-state index contributed by atoms with van der Waals surface area (Å²) >= 11 is 0. The highest BCUT2D eigenvalue weighted by atomic mass is 16.5. The van der Waals surface area contributed by atoms with E-state index in [1.165, 1.54) is 11.1 Å². The van der Waals surface area contributed by atoms with Crippen molar-refractivity contribution in [2.24, 2.45) is 0 Å². The molecule has 0 amide bonds. The molecule has 0 aromatic heterocycles. The SMILES string of the molecule is Cc1ccccc1-c1ccc(C(=O)/C=C/c2ccccc2CN(C)C)c(OCCN(C)C)c1. The van der Waals surface area contributed by atoms with Crippen molar-refractivity contribution in [3.8, 4) is 16.9 Å². The molecule has 0 heterocycles. The van der Waals surface area contributed by atoms with Crippen LogP contribution in [0.5, 0.6) is 5.75 Å². The Bertz CT molecular complexity index is 1120. The lowest BCUT2D eigenvalue weighted by atomic mass is 9.97. The summed E-state index contributed by atoms with van der Waals surface area (Å²) in [6.07, 6.45) is 3.55. The zero-order chi connectivity index (χ0) is 23.8. The largest absolute Gasteiger partial charge is 0.491 e. The fraction of sp³-hybridized carbons (Fsp3) is 0.276. The van der Waals surface area contributed by atoms with Gasteiger partial charge in [0.2, 0.25) is 0 Å². The summed E-state index contributed by atoms with van der Waals surface area (Å²) in [5.41, 5.74) is 6.18. The predicted molar refractivity (Wildman–Crippen MR) is 138 cm³/mol. The maximum atomic E-state index is 13.2. The van der Waals surface area contributed by atoms with Crippen molar-refractivity contribution in [3.63, 3.8) is 0 Å². The Morgan fingerprint density at radius 2 is 1.64 bits per heavy atom. The molecule has 3 aromatic carbocycles. The van der Waals surface area contributed by atoms with Crippen LogP contribution in [-0.2, 0) is 6.54 Å². The monoisotopic (exact) mass is 442 g/mol. The number of rotatable bonds is 10. The number of aryl methyl sites for hydroxylation is 1. The molecule has 0 bridgehead atoms. The van der Waals surface area contributed by atoms with Crippen LogP contribution in [0.4, 0.5) is 0 Å². The molecule has 4 nitrogen and oxygen atoms in total. The third kappa shape index (κ3) is 6.88. The first-order valence-electron chi connectivity index (χ1n) is 11.3. The molecule has 0 aliphatic heterocycles. The van der Waals surface area contributed by atoms with Crippen LogP contribution in [0.2, 0.25) is 0 Å². The number of likely N-dealkylation sites (N-methyl/N-ethyl adjacent to an activating group) is 1. The standard InChI is InChI=1S/C29H34N2O2/c1-22-10-6-9-13-26(22)24-14-16-27(29(20-24)33-19-18-30(2)3)28(32)17-15-23-11-7-8-12-25(23)21-31(4)5/h6-17,20H,18-19,21H2,1-5H3/b17-15+. The Morgan fingerprint density at radius 3 is 2.36 bits per heavy atom. The van der Waals surface area contributed by atoms with Crippen molar-refractivity contribution < 1.29 is 9.53 Å². The lowest BCUT2D eigenvalue weighted by Gasteiger charge is -2.15. The van der Waals surface area contributed by atoms with Crippen LogP contribution in [0.1, 0.15) is 27.0 Å². The van der Waals surface area contributed by atoms with Crippen LogP contribution >= 0.6 is 0 Å².